The van der Waals surface area contributed by atoms with Crippen LogP contribution in [0.1, 0.15) is 40.3 Å². The third kappa shape index (κ3) is 8.67. The number of ether oxygens (including phenoxy) is 3. The lowest BCUT2D eigenvalue weighted by Crippen LogP contribution is -2.37. The van der Waals surface area contributed by atoms with E-state index < -0.39 is 24.1 Å². The van der Waals surface area contributed by atoms with E-state index >= 15 is 0 Å². The second-order valence-corrected chi connectivity index (χ2v) is 9.60. The zero-order valence-electron chi connectivity index (χ0n) is 20.1. The van der Waals surface area contributed by atoms with E-state index in [1.165, 1.54) is 42.6 Å². The van der Waals surface area contributed by atoms with Crippen LogP contribution in [-0.4, -0.2) is 71.6 Å². The molecule has 0 aromatic carbocycles. The van der Waals surface area contributed by atoms with Crippen molar-refractivity contribution in [2.45, 2.75) is 58.7 Å². The Labute approximate surface area is 205 Å². The Morgan fingerprint density at radius 2 is 2.06 bits per heavy atom. The number of thioether (sulfide) groups is 1. The highest BCUT2D eigenvalue weighted by Gasteiger charge is 2.46. The van der Waals surface area contributed by atoms with E-state index in [4.69, 9.17) is 23.3 Å². The van der Waals surface area contributed by atoms with Gasteiger partial charge in [0, 0.05) is 31.9 Å². The molecule has 1 fully saturated rings. The maximum Gasteiger partial charge on any atom is 0.351 e. The lowest BCUT2D eigenvalue weighted by molar-refractivity contribution is -0.114. The fraction of sp³-hybridized carbons (Fsp3) is 0.714. The van der Waals surface area contributed by atoms with Crippen molar-refractivity contribution >= 4 is 37.6 Å². The number of carbonyl (C=O) groups is 2. The van der Waals surface area contributed by atoms with Crippen molar-refractivity contribution < 1.29 is 32.8 Å². The molecule has 13 heteroatoms. The van der Waals surface area contributed by atoms with Gasteiger partial charge in [-0.15, -0.1) is 0 Å². The van der Waals surface area contributed by atoms with Crippen molar-refractivity contribution in [3.63, 3.8) is 0 Å². The monoisotopic (exact) mass is 519 g/mol. The highest BCUT2D eigenvalue weighted by molar-refractivity contribution is 8.13. The standard InChI is InChI=1S/C21H34N3O8PS/c1-6-15-17(32-33-30-10-9-29-11-12-34-20(26)13(2)3)18(28-5)19(31-15)24-8-7-16(22-14(4)25)23-21(24)27/h7-8,13,15,17-19,33H,6,9-12H2,1-5H3,(H,22,23,25,27). The molecule has 11 nitrogen and oxygen atoms in total. The van der Waals surface area contributed by atoms with Crippen molar-refractivity contribution in [1.29, 1.82) is 0 Å². The molecule has 2 rings (SSSR count). The fourth-order valence-electron chi connectivity index (χ4n) is 3.21. The predicted molar refractivity (Wildman–Crippen MR) is 130 cm³/mol. The number of hydrogen-bond acceptors (Lipinski definition) is 10. The van der Waals surface area contributed by atoms with Gasteiger partial charge in [-0.3, -0.25) is 14.2 Å². The summed E-state index contributed by atoms with van der Waals surface area (Å²) in [5.41, 5.74) is -0.571. The zero-order chi connectivity index (χ0) is 25.1. The van der Waals surface area contributed by atoms with E-state index in [-0.39, 0.29) is 37.9 Å². The number of nitrogens with one attached hydrogen (secondary N) is 1. The van der Waals surface area contributed by atoms with Gasteiger partial charge in [0.15, 0.2) is 20.4 Å². The van der Waals surface area contributed by atoms with Crippen molar-refractivity contribution in [2.75, 3.05) is 38.0 Å². The first-order chi connectivity index (χ1) is 16.3. The van der Waals surface area contributed by atoms with Crippen LogP contribution in [0.25, 0.3) is 0 Å². The van der Waals surface area contributed by atoms with Crippen molar-refractivity contribution in [3.05, 3.63) is 22.7 Å². The molecular formula is C21H34N3O8PS. The van der Waals surface area contributed by atoms with E-state index in [1.54, 1.807) is 0 Å². The minimum absolute atomic E-state index is 0.0201. The summed E-state index contributed by atoms with van der Waals surface area (Å²) in [4.78, 5) is 39.1. The summed E-state index contributed by atoms with van der Waals surface area (Å²) >= 11 is 1.27. The number of amides is 1. The summed E-state index contributed by atoms with van der Waals surface area (Å²) in [6.45, 7) is 8.26. The second-order valence-electron chi connectivity index (χ2n) is 7.81. The Balaban J connectivity index is 1.81. The number of anilines is 1. The number of rotatable bonds is 14. The van der Waals surface area contributed by atoms with Crippen molar-refractivity contribution in [3.8, 4) is 0 Å². The largest absolute Gasteiger partial charge is 0.378 e. The minimum Gasteiger partial charge on any atom is -0.378 e. The average Bonchev–Trinajstić information content (AvgIpc) is 3.14. The van der Waals surface area contributed by atoms with Gasteiger partial charge in [-0.05, 0) is 12.5 Å². The van der Waals surface area contributed by atoms with Crippen LogP contribution < -0.4 is 11.0 Å². The van der Waals surface area contributed by atoms with Gasteiger partial charge in [-0.1, -0.05) is 32.5 Å². The quantitative estimate of drug-likeness (QED) is 0.289. The third-order valence-electron chi connectivity index (χ3n) is 4.88. The average molecular weight is 520 g/mol. The first-order valence-corrected chi connectivity index (χ1v) is 12.9. The lowest BCUT2D eigenvalue weighted by Gasteiger charge is -2.23. The van der Waals surface area contributed by atoms with E-state index in [1.807, 2.05) is 20.8 Å². The summed E-state index contributed by atoms with van der Waals surface area (Å²) in [7, 11) is 1.27. The van der Waals surface area contributed by atoms with Crippen LogP contribution in [0, 0.1) is 5.92 Å². The summed E-state index contributed by atoms with van der Waals surface area (Å²) < 4.78 is 29.9. The first kappa shape index (κ1) is 28.8. The molecule has 5 atom stereocenters. The molecule has 0 aliphatic carbocycles. The summed E-state index contributed by atoms with van der Waals surface area (Å²) in [5, 5.41) is 2.64. The molecule has 2 heterocycles. The Kier molecular flexibility index (Phi) is 12.6. The van der Waals surface area contributed by atoms with Crippen LogP contribution in [0.15, 0.2) is 17.1 Å². The molecule has 1 aliphatic rings. The molecule has 1 aromatic rings. The number of nitrogens with zero attached hydrogens (tertiary/aromatic N) is 2. The van der Waals surface area contributed by atoms with Gasteiger partial charge in [0.2, 0.25) is 5.91 Å². The second kappa shape index (κ2) is 14.9. The molecule has 0 spiro atoms. The van der Waals surface area contributed by atoms with E-state index in [2.05, 4.69) is 10.3 Å². The molecule has 1 N–H and O–H groups in total. The first-order valence-electron chi connectivity index (χ1n) is 11.1. The third-order valence-corrected chi connectivity index (χ3v) is 6.70. The van der Waals surface area contributed by atoms with Crippen LogP contribution in [-0.2, 0) is 32.8 Å². The number of methoxy groups -OCH3 is 1. The van der Waals surface area contributed by atoms with Crippen LogP contribution in [0.4, 0.5) is 5.82 Å². The minimum atomic E-state index is -0.731. The highest BCUT2D eigenvalue weighted by Crippen LogP contribution is 2.37. The molecule has 1 aromatic heterocycles. The van der Waals surface area contributed by atoms with Gasteiger partial charge < -0.3 is 28.6 Å². The van der Waals surface area contributed by atoms with E-state index in [0.717, 1.165) is 0 Å². The Morgan fingerprint density at radius 1 is 1.29 bits per heavy atom. The highest BCUT2D eigenvalue weighted by atomic mass is 32.2. The maximum atomic E-state index is 12.5. The fourth-order valence-corrected chi connectivity index (χ4v) is 4.58. The SMILES string of the molecule is CCC1OC(n2ccc(NC(C)=O)nc2=O)C(OC)C1OPOCCOCCSC(=O)C(C)C. The van der Waals surface area contributed by atoms with Gasteiger partial charge in [0.25, 0.3) is 0 Å². The summed E-state index contributed by atoms with van der Waals surface area (Å²) in [6.07, 6.45) is 0.118. The molecule has 1 aliphatic heterocycles. The molecule has 5 unspecified atom stereocenters. The topological polar surface area (TPSA) is 127 Å². The van der Waals surface area contributed by atoms with E-state index in [0.29, 0.717) is 32.0 Å². The van der Waals surface area contributed by atoms with Crippen LogP contribution in [0.5, 0.6) is 0 Å². The Morgan fingerprint density at radius 3 is 2.68 bits per heavy atom. The van der Waals surface area contributed by atoms with Gasteiger partial charge in [0.05, 0.1) is 25.9 Å². The molecule has 192 valence electrons. The molecular weight excluding hydrogens is 485 g/mol. The van der Waals surface area contributed by atoms with Crippen LogP contribution >= 0.6 is 20.8 Å². The Hall–Kier alpha value is -1.40. The van der Waals surface area contributed by atoms with Gasteiger partial charge >= 0.3 is 5.69 Å². The number of carbonyl (C=O) groups excluding carboxylic acids is 2. The molecule has 1 amide bonds. The molecule has 0 bridgehead atoms. The van der Waals surface area contributed by atoms with Crippen molar-refractivity contribution in [1.82, 2.24) is 9.55 Å². The maximum absolute atomic E-state index is 12.5. The molecule has 34 heavy (non-hydrogen) atoms. The lowest BCUT2D eigenvalue weighted by atomic mass is 10.1. The number of hydrogen-bond donors (Lipinski definition) is 1. The number of aromatic nitrogens is 2. The molecule has 0 saturated carbocycles. The van der Waals surface area contributed by atoms with Crippen LogP contribution in [0.2, 0.25) is 0 Å². The zero-order valence-corrected chi connectivity index (χ0v) is 22.0. The summed E-state index contributed by atoms with van der Waals surface area (Å²) in [5.74, 6) is 0.488. The summed E-state index contributed by atoms with van der Waals surface area (Å²) in [6, 6.07) is 1.52. The Bertz CT molecular complexity index is 856. The predicted octanol–water partition coefficient (Wildman–Crippen LogP) is 2.37. The van der Waals surface area contributed by atoms with Crippen molar-refractivity contribution in [2.24, 2.45) is 5.92 Å². The van der Waals surface area contributed by atoms with Gasteiger partial charge in [-0.25, -0.2) is 4.79 Å². The smallest absolute Gasteiger partial charge is 0.351 e. The normalized spacial score (nSPS) is 22.6. The molecule has 1 saturated heterocycles. The van der Waals surface area contributed by atoms with E-state index in [9.17, 15) is 14.4 Å². The van der Waals surface area contributed by atoms with Gasteiger partial charge in [0.1, 0.15) is 18.0 Å². The van der Waals surface area contributed by atoms with Crippen LogP contribution in [0.3, 0.4) is 0 Å². The molecule has 0 radical (unpaired) electrons. The van der Waals surface area contributed by atoms with Gasteiger partial charge in [-0.2, -0.15) is 4.98 Å².